The molecule has 1 heterocycles. The summed E-state index contributed by atoms with van der Waals surface area (Å²) in [4.78, 5) is 38.3. The van der Waals surface area contributed by atoms with Crippen molar-refractivity contribution in [1.82, 2.24) is 15.5 Å². The van der Waals surface area contributed by atoms with E-state index < -0.39 is 17.5 Å². The first-order valence-electron chi connectivity index (χ1n) is 8.83. The zero-order chi connectivity index (χ0) is 19.6. The Kier molecular flexibility index (Phi) is 4.99. The number of hydrogen-bond donors (Lipinski definition) is 2. The molecular weight excluding hydrogens is 342 g/mol. The van der Waals surface area contributed by atoms with Gasteiger partial charge in [0, 0.05) is 6.54 Å². The minimum atomic E-state index is -1.16. The van der Waals surface area contributed by atoms with Gasteiger partial charge in [-0.15, -0.1) is 0 Å². The van der Waals surface area contributed by atoms with Crippen LogP contribution in [0, 0.1) is 13.8 Å². The molecule has 4 amide bonds. The topological polar surface area (TPSA) is 78.5 Å². The number of nitrogens with one attached hydrogen (secondary N) is 2. The number of aryl methyl sites for hydroxylation is 2. The fourth-order valence-corrected chi connectivity index (χ4v) is 3.03. The summed E-state index contributed by atoms with van der Waals surface area (Å²) in [5.41, 5.74) is 2.68. The molecule has 3 rings (SSSR count). The van der Waals surface area contributed by atoms with Gasteiger partial charge in [-0.25, -0.2) is 4.79 Å². The van der Waals surface area contributed by atoms with Gasteiger partial charge in [-0.3, -0.25) is 14.5 Å². The van der Waals surface area contributed by atoms with Gasteiger partial charge in [-0.05, 0) is 31.9 Å². The molecule has 0 saturated carbocycles. The number of hydrogen-bond acceptors (Lipinski definition) is 3. The number of nitrogens with zero attached hydrogens (tertiary/aromatic N) is 1. The molecule has 140 valence electrons. The van der Waals surface area contributed by atoms with Crippen LogP contribution in [0.4, 0.5) is 4.79 Å². The van der Waals surface area contributed by atoms with Crippen LogP contribution < -0.4 is 10.6 Å². The lowest BCUT2D eigenvalue weighted by Gasteiger charge is -2.22. The Bertz CT molecular complexity index is 875. The molecule has 0 unspecified atom stereocenters. The standard InChI is InChI=1S/C21H23N3O3/c1-14-4-8-16(9-5-14)12-22-18(25)13-24-19(26)21(3,23-20(24)27)17-10-6-15(2)7-11-17/h4-11H,12-13H2,1-3H3,(H,22,25)(H,23,27)/t21-/m1/s1. The molecule has 0 aliphatic carbocycles. The summed E-state index contributed by atoms with van der Waals surface area (Å²) in [7, 11) is 0. The van der Waals surface area contributed by atoms with Gasteiger partial charge in [0.1, 0.15) is 12.1 Å². The highest BCUT2D eigenvalue weighted by Crippen LogP contribution is 2.28. The fraction of sp³-hybridized carbons (Fsp3) is 0.286. The Morgan fingerprint density at radius 1 is 1.00 bits per heavy atom. The molecule has 1 fully saturated rings. The summed E-state index contributed by atoms with van der Waals surface area (Å²) in [6.07, 6.45) is 0. The van der Waals surface area contributed by atoms with Gasteiger partial charge in [-0.2, -0.15) is 0 Å². The highest BCUT2D eigenvalue weighted by Gasteiger charge is 2.49. The van der Waals surface area contributed by atoms with Crippen LogP contribution in [0.1, 0.15) is 29.2 Å². The molecule has 2 aromatic carbocycles. The number of imide groups is 1. The maximum atomic E-state index is 12.8. The Labute approximate surface area is 158 Å². The second-order valence-electron chi connectivity index (χ2n) is 7.07. The van der Waals surface area contributed by atoms with Crippen LogP contribution in [0.5, 0.6) is 0 Å². The number of benzene rings is 2. The van der Waals surface area contributed by atoms with Crippen molar-refractivity contribution in [2.24, 2.45) is 0 Å². The fourth-order valence-electron chi connectivity index (χ4n) is 3.03. The second kappa shape index (κ2) is 7.23. The summed E-state index contributed by atoms with van der Waals surface area (Å²) in [5, 5.41) is 5.46. The van der Waals surface area contributed by atoms with Gasteiger partial charge >= 0.3 is 6.03 Å². The van der Waals surface area contributed by atoms with Gasteiger partial charge < -0.3 is 10.6 Å². The van der Waals surface area contributed by atoms with Crippen molar-refractivity contribution in [1.29, 1.82) is 0 Å². The van der Waals surface area contributed by atoms with Crippen molar-refractivity contribution in [3.63, 3.8) is 0 Å². The Morgan fingerprint density at radius 3 is 2.15 bits per heavy atom. The van der Waals surface area contributed by atoms with E-state index in [1.54, 1.807) is 6.92 Å². The highest BCUT2D eigenvalue weighted by molar-refractivity contribution is 6.09. The van der Waals surface area contributed by atoms with Gasteiger partial charge in [0.25, 0.3) is 5.91 Å². The van der Waals surface area contributed by atoms with E-state index in [1.807, 2.05) is 62.4 Å². The molecule has 6 heteroatoms. The van der Waals surface area contributed by atoms with Gasteiger partial charge in [0.05, 0.1) is 0 Å². The van der Waals surface area contributed by atoms with Crippen molar-refractivity contribution < 1.29 is 14.4 Å². The Morgan fingerprint density at radius 2 is 1.56 bits per heavy atom. The van der Waals surface area contributed by atoms with Crippen LogP contribution >= 0.6 is 0 Å². The third-order valence-electron chi connectivity index (χ3n) is 4.82. The first-order chi connectivity index (χ1) is 12.8. The van der Waals surface area contributed by atoms with Gasteiger partial charge in [0.15, 0.2) is 0 Å². The zero-order valence-electron chi connectivity index (χ0n) is 15.7. The number of carbonyl (C=O) groups is 3. The molecule has 1 aliphatic heterocycles. The van der Waals surface area contributed by atoms with Crippen LogP contribution in [0.15, 0.2) is 48.5 Å². The van der Waals surface area contributed by atoms with Gasteiger partial charge in [0.2, 0.25) is 5.91 Å². The molecule has 6 nitrogen and oxygen atoms in total. The maximum absolute atomic E-state index is 12.8. The molecule has 0 spiro atoms. The number of carbonyl (C=O) groups excluding carboxylic acids is 3. The largest absolute Gasteiger partial charge is 0.350 e. The first-order valence-corrected chi connectivity index (χ1v) is 8.83. The summed E-state index contributed by atoms with van der Waals surface area (Å²) in [5.74, 6) is -0.811. The van der Waals surface area contributed by atoms with E-state index in [2.05, 4.69) is 10.6 Å². The lowest BCUT2D eigenvalue weighted by atomic mass is 9.91. The monoisotopic (exact) mass is 365 g/mol. The third kappa shape index (κ3) is 3.84. The molecule has 2 aromatic rings. The minimum Gasteiger partial charge on any atom is -0.350 e. The first kappa shape index (κ1) is 18.6. The molecular formula is C21H23N3O3. The van der Waals surface area contributed by atoms with E-state index in [0.29, 0.717) is 12.1 Å². The van der Waals surface area contributed by atoms with E-state index >= 15 is 0 Å². The predicted molar refractivity (Wildman–Crippen MR) is 102 cm³/mol. The van der Waals surface area contributed by atoms with Crippen molar-refractivity contribution >= 4 is 17.8 Å². The minimum absolute atomic E-state index is 0.308. The maximum Gasteiger partial charge on any atom is 0.325 e. The number of rotatable bonds is 5. The summed E-state index contributed by atoms with van der Waals surface area (Å²) in [6, 6.07) is 14.6. The second-order valence-corrected chi connectivity index (χ2v) is 7.07. The number of amides is 4. The van der Waals surface area contributed by atoms with E-state index in [-0.39, 0.29) is 12.5 Å². The molecule has 27 heavy (non-hydrogen) atoms. The zero-order valence-corrected chi connectivity index (χ0v) is 15.7. The van der Waals surface area contributed by atoms with E-state index in [9.17, 15) is 14.4 Å². The third-order valence-corrected chi connectivity index (χ3v) is 4.82. The van der Waals surface area contributed by atoms with Crippen LogP contribution in [-0.4, -0.2) is 29.3 Å². The van der Waals surface area contributed by atoms with Gasteiger partial charge in [-0.1, -0.05) is 59.7 Å². The Hall–Kier alpha value is -3.15. The van der Waals surface area contributed by atoms with Crippen molar-refractivity contribution in [2.45, 2.75) is 32.9 Å². The molecule has 2 N–H and O–H groups in total. The molecule has 1 aliphatic rings. The molecule has 1 saturated heterocycles. The number of urea groups is 1. The lowest BCUT2D eigenvalue weighted by Crippen LogP contribution is -2.43. The predicted octanol–water partition coefficient (Wildman–Crippen LogP) is 2.39. The summed E-state index contributed by atoms with van der Waals surface area (Å²) in [6.45, 7) is 5.63. The molecule has 0 bridgehead atoms. The normalized spacial score (nSPS) is 19.1. The lowest BCUT2D eigenvalue weighted by molar-refractivity contribution is -0.134. The summed E-state index contributed by atoms with van der Waals surface area (Å²) < 4.78 is 0. The van der Waals surface area contributed by atoms with Crippen LogP contribution in [0.2, 0.25) is 0 Å². The van der Waals surface area contributed by atoms with Crippen LogP contribution in [-0.2, 0) is 21.7 Å². The van der Waals surface area contributed by atoms with E-state index in [1.165, 1.54) is 0 Å². The summed E-state index contributed by atoms with van der Waals surface area (Å²) >= 11 is 0. The van der Waals surface area contributed by atoms with Crippen LogP contribution in [0.25, 0.3) is 0 Å². The van der Waals surface area contributed by atoms with Crippen molar-refractivity contribution in [3.8, 4) is 0 Å². The van der Waals surface area contributed by atoms with Crippen LogP contribution in [0.3, 0.4) is 0 Å². The van der Waals surface area contributed by atoms with E-state index in [0.717, 1.165) is 21.6 Å². The van der Waals surface area contributed by atoms with Crippen molar-refractivity contribution in [3.05, 3.63) is 70.8 Å². The quantitative estimate of drug-likeness (QED) is 0.799. The highest BCUT2D eigenvalue weighted by atomic mass is 16.2. The molecule has 0 aromatic heterocycles. The van der Waals surface area contributed by atoms with E-state index in [4.69, 9.17) is 0 Å². The SMILES string of the molecule is Cc1ccc(CNC(=O)CN2C(=O)N[C@](C)(c3ccc(C)cc3)C2=O)cc1. The Balaban J connectivity index is 1.65. The van der Waals surface area contributed by atoms with Crippen molar-refractivity contribution in [2.75, 3.05) is 6.54 Å². The molecule has 1 atom stereocenters. The smallest absolute Gasteiger partial charge is 0.325 e. The average molecular weight is 365 g/mol. The molecule has 0 radical (unpaired) electrons. The average Bonchev–Trinajstić information content (AvgIpc) is 2.86.